The summed E-state index contributed by atoms with van der Waals surface area (Å²) in [4.78, 5) is 35.0. The van der Waals surface area contributed by atoms with Crippen LogP contribution in [0.3, 0.4) is 0 Å². The maximum atomic E-state index is 12.7. The molecule has 0 aliphatic rings. The Bertz CT molecular complexity index is 1600. The van der Waals surface area contributed by atoms with E-state index in [1.807, 2.05) is 0 Å². The molecule has 0 aromatic rings. The van der Waals surface area contributed by atoms with Crippen molar-refractivity contribution in [3.8, 4) is 0 Å². The van der Waals surface area contributed by atoms with Gasteiger partial charge in [0.1, 0.15) is 6.61 Å². The van der Waals surface area contributed by atoms with Gasteiger partial charge >= 0.3 is 19.8 Å². The van der Waals surface area contributed by atoms with Gasteiger partial charge in [-0.2, -0.15) is 0 Å². The maximum absolute atomic E-state index is 12.7. The summed E-state index contributed by atoms with van der Waals surface area (Å²) in [5.74, 6) is -0.865. The summed E-state index contributed by atoms with van der Waals surface area (Å²) < 4.78 is 32.9. The fourth-order valence-electron chi connectivity index (χ4n) is 7.63. The third-order valence-corrected chi connectivity index (χ3v) is 12.8. The summed E-state index contributed by atoms with van der Waals surface area (Å²) in [6.45, 7) is 3.47. The van der Waals surface area contributed by atoms with Gasteiger partial charge in [-0.1, -0.05) is 238 Å². The van der Waals surface area contributed by atoms with Crippen LogP contribution in [0.1, 0.15) is 232 Å². The predicted octanol–water partition coefficient (Wildman–Crippen LogP) is 18.4. The molecule has 416 valence electrons. The molecule has 2 unspecified atom stereocenters. The van der Waals surface area contributed by atoms with E-state index in [0.29, 0.717) is 12.8 Å². The van der Waals surface area contributed by atoms with Gasteiger partial charge in [0.05, 0.1) is 13.2 Å². The molecule has 0 saturated carbocycles. The zero-order chi connectivity index (χ0) is 53.1. The van der Waals surface area contributed by atoms with E-state index in [2.05, 4.69) is 135 Å². The van der Waals surface area contributed by atoms with E-state index in [1.54, 1.807) is 0 Å². The zero-order valence-corrected chi connectivity index (χ0v) is 47.2. The first kappa shape index (κ1) is 69.4. The summed E-state index contributed by atoms with van der Waals surface area (Å²) in [7, 11) is -4.40. The van der Waals surface area contributed by atoms with Crippen LogP contribution in [0.25, 0.3) is 0 Å². The molecule has 9 nitrogen and oxygen atoms in total. The van der Waals surface area contributed by atoms with Crippen molar-refractivity contribution in [3.05, 3.63) is 122 Å². The van der Waals surface area contributed by atoms with Gasteiger partial charge < -0.3 is 20.1 Å². The minimum atomic E-state index is -4.40. The molecule has 3 N–H and O–H groups in total. The molecule has 10 heteroatoms. The topological polar surface area (TPSA) is 134 Å². The highest BCUT2D eigenvalue weighted by Gasteiger charge is 2.26. The smallest absolute Gasteiger partial charge is 0.462 e. The average molecular weight is 1040 g/mol. The number of ether oxygens (including phenoxy) is 2. The molecule has 0 aromatic carbocycles. The van der Waals surface area contributed by atoms with Crippen molar-refractivity contribution in [1.29, 1.82) is 0 Å². The standard InChI is InChI=1S/C63H106NO8P/c1-3-5-7-9-11-13-15-17-18-19-20-21-22-23-24-25-26-27-28-29-30-31-32-33-34-35-36-37-38-39-40-41-42-44-46-48-50-52-54-56-63(66)72-61(60-71-73(67,68)70-58-57-64)59-69-62(65)55-53-51-49-47-45-43-16-14-12-10-8-6-4-2/h5-8,11-14,17-18,20-21,23-24,26-27,29-30,43,45,61H,3-4,9-10,15-16,19,22,25,28,31-42,44,46-60,64H2,1-2H3,(H,67,68)/b7-5-,8-6-,13-11-,14-12-,18-17-,21-20-,24-23-,27-26-,30-29-,45-43-. The molecule has 0 amide bonds. The van der Waals surface area contributed by atoms with Gasteiger partial charge in [0.15, 0.2) is 6.10 Å². The lowest BCUT2D eigenvalue weighted by molar-refractivity contribution is -0.161. The molecule has 2 atom stereocenters. The predicted molar refractivity (Wildman–Crippen MR) is 311 cm³/mol. The van der Waals surface area contributed by atoms with Crippen molar-refractivity contribution in [2.75, 3.05) is 26.4 Å². The lowest BCUT2D eigenvalue weighted by Crippen LogP contribution is -2.29. The van der Waals surface area contributed by atoms with Crippen molar-refractivity contribution in [1.82, 2.24) is 0 Å². The molecule has 0 saturated heterocycles. The van der Waals surface area contributed by atoms with Crippen molar-refractivity contribution in [2.45, 2.75) is 238 Å². The molecule has 0 spiro atoms. The number of rotatable bonds is 53. The van der Waals surface area contributed by atoms with E-state index in [0.717, 1.165) is 103 Å². The lowest BCUT2D eigenvalue weighted by Gasteiger charge is -2.19. The fraction of sp³-hybridized carbons (Fsp3) is 0.651. The van der Waals surface area contributed by atoms with Crippen LogP contribution in [0.2, 0.25) is 0 Å². The molecule has 0 rings (SSSR count). The van der Waals surface area contributed by atoms with Crippen LogP contribution >= 0.6 is 7.82 Å². The van der Waals surface area contributed by atoms with Gasteiger partial charge in [-0.25, -0.2) is 4.57 Å². The minimum Gasteiger partial charge on any atom is -0.462 e. The summed E-state index contributed by atoms with van der Waals surface area (Å²) >= 11 is 0. The Hall–Kier alpha value is -3.59. The second-order valence-corrected chi connectivity index (χ2v) is 20.2. The number of nitrogens with two attached hydrogens (primary N) is 1. The van der Waals surface area contributed by atoms with Gasteiger partial charge in [-0.3, -0.25) is 18.6 Å². The number of phosphoric ester groups is 1. The largest absolute Gasteiger partial charge is 0.472 e. The first-order valence-corrected chi connectivity index (χ1v) is 30.5. The third kappa shape index (κ3) is 57.5. The molecule has 0 bridgehead atoms. The van der Waals surface area contributed by atoms with E-state index < -0.39 is 32.5 Å². The molecule has 0 aromatic heterocycles. The summed E-state index contributed by atoms with van der Waals surface area (Å²) in [6.07, 6.45) is 80.0. The maximum Gasteiger partial charge on any atom is 0.472 e. The number of hydrogen-bond acceptors (Lipinski definition) is 8. The molecule has 0 heterocycles. The number of esters is 2. The Morgan fingerprint density at radius 1 is 0.411 bits per heavy atom. The Morgan fingerprint density at radius 3 is 1.07 bits per heavy atom. The van der Waals surface area contributed by atoms with Gasteiger partial charge in [0.25, 0.3) is 0 Å². The molecular weight excluding hydrogens is 930 g/mol. The Labute approximate surface area is 447 Å². The SMILES string of the molecule is CC/C=C\C/C=C\C/C=C\C/C=C\C/C=C\C/C=C\C/C=C\CCCCCCCCCCCCCCCCCCCC(=O)OC(COC(=O)CCCCC/C=C\C/C=C\C/C=C\CC)COP(=O)(O)OCCN. The van der Waals surface area contributed by atoms with Crippen LogP contribution in [0.5, 0.6) is 0 Å². The quantitative estimate of drug-likeness (QED) is 0.0264. The monoisotopic (exact) mass is 1040 g/mol. The molecule has 0 aliphatic carbocycles. The van der Waals surface area contributed by atoms with E-state index >= 15 is 0 Å². The highest BCUT2D eigenvalue weighted by atomic mass is 31.2. The van der Waals surface area contributed by atoms with Crippen LogP contribution in [-0.4, -0.2) is 49.3 Å². The normalized spacial score (nSPS) is 14.0. The number of phosphoric acid groups is 1. The van der Waals surface area contributed by atoms with Gasteiger partial charge in [-0.05, 0) is 103 Å². The zero-order valence-electron chi connectivity index (χ0n) is 46.3. The number of unbranched alkanes of at least 4 members (excludes halogenated alkanes) is 20. The van der Waals surface area contributed by atoms with Crippen LogP contribution in [0, 0.1) is 0 Å². The third-order valence-electron chi connectivity index (χ3n) is 11.8. The summed E-state index contributed by atoms with van der Waals surface area (Å²) in [5.41, 5.74) is 5.37. The minimum absolute atomic E-state index is 0.0451. The molecule has 73 heavy (non-hydrogen) atoms. The van der Waals surface area contributed by atoms with E-state index in [9.17, 15) is 19.0 Å². The molecular formula is C63H106NO8P. The van der Waals surface area contributed by atoms with E-state index in [-0.39, 0.29) is 32.6 Å². The molecule has 0 aliphatic heterocycles. The Morgan fingerprint density at radius 2 is 0.712 bits per heavy atom. The second kappa shape index (κ2) is 57.7. The number of hydrogen-bond donors (Lipinski definition) is 2. The number of carbonyl (C=O) groups excluding carboxylic acids is 2. The second-order valence-electron chi connectivity index (χ2n) is 18.7. The van der Waals surface area contributed by atoms with Crippen LogP contribution < -0.4 is 5.73 Å². The number of carbonyl (C=O) groups is 2. The van der Waals surface area contributed by atoms with Crippen molar-refractivity contribution < 1.29 is 37.6 Å². The van der Waals surface area contributed by atoms with Crippen LogP contribution in [0.15, 0.2) is 122 Å². The highest BCUT2D eigenvalue weighted by molar-refractivity contribution is 7.47. The number of allylic oxidation sites excluding steroid dienone is 20. The highest BCUT2D eigenvalue weighted by Crippen LogP contribution is 2.43. The van der Waals surface area contributed by atoms with Crippen molar-refractivity contribution >= 4 is 19.8 Å². The van der Waals surface area contributed by atoms with Gasteiger partial charge in [-0.15, -0.1) is 0 Å². The Balaban J connectivity index is 3.87. The summed E-state index contributed by atoms with van der Waals surface area (Å²) in [6, 6.07) is 0. The van der Waals surface area contributed by atoms with Crippen molar-refractivity contribution in [2.24, 2.45) is 5.73 Å². The van der Waals surface area contributed by atoms with Gasteiger partial charge in [0.2, 0.25) is 0 Å². The first-order valence-electron chi connectivity index (χ1n) is 29.0. The lowest BCUT2D eigenvalue weighted by atomic mass is 10.0. The first-order chi connectivity index (χ1) is 35.8. The fourth-order valence-corrected chi connectivity index (χ4v) is 8.40. The summed E-state index contributed by atoms with van der Waals surface area (Å²) in [5, 5.41) is 0. The van der Waals surface area contributed by atoms with Crippen LogP contribution in [-0.2, 0) is 32.7 Å². The average Bonchev–Trinajstić information content (AvgIpc) is 3.38. The van der Waals surface area contributed by atoms with Crippen molar-refractivity contribution in [3.63, 3.8) is 0 Å². The van der Waals surface area contributed by atoms with Gasteiger partial charge in [0, 0.05) is 19.4 Å². The molecule has 0 radical (unpaired) electrons. The van der Waals surface area contributed by atoms with Crippen LogP contribution in [0.4, 0.5) is 0 Å². The molecule has 0 fully saturated rings. The Kier molecular flexibility index (Phi) is 54.8. The van der Waals surface area contributed by atoms with E-state index in [1.165, 1.54) is 89.9 Å². The van der Waals surface area contributed by atoms with E-state index in [4.69, 9.17) is 24.3 Å².